The van der Waals surface area contributed by atoms with E-state index in [9.17, 15) is 0 Å². The van der Waals surface area contributed by atoms with Crippen LogP contribution in [0.5, 0.6) is 0 Å². The largest absolute Gasteiger partial charge is 2.00 e. The van der Waals surface area contributed by atoms with E-state index in [2.05, 4.69) is 29.9 Å². The Balaban J connectivity index is -0.000000880. The molecular formula is C18H22N6O8SZn+2. The van der Waals surface area contributed by atoms with E-state index in [1.807, 2.05) is 54.6 Å². The molecule has 0 saturated carbocycles. The van der Waals surface area contributed by atoms with Crippen molar-refractivity contribution in [2.45, 2.75) is 0 Å². The van der Waals surface area contributed by atoms with Crippen LogP contribution in [-0.4, -0.2) is 58.4 Å². The molecule has 0 bridgehead atoms. The molecule has 0 atom stereocenters. The Bertz CT molecular complexity index is 1050. The van der Waals surface area contributed by atoms with Gasteiger partial charge in [-0.15, -0.1) is 0 Å². The van der Waals surface area contributed by atoms with E-state index in [1.165, 1.54) is 0 Å². The Morgan fingerprint density at radius 2 is 0.794 bits per heavy atom. The smallest absolute Gasteiger partial charge is 0.759 e. The first-order chi connectivity index (χ1) is 13.9. The molecule has 0 radical (unpaired) electrons. The third kappa shape index (κ3) is 11.1. The second-order valence-corrected chi connectivity index (χ2v) is 6.18. The van der Waals surface area contributed by atoms with Crippen LogP contribution in [0.3, 0.4) is 0 Å². The van der Waals surface area contributed by atoms with Crippen LogP contribution < -0.4 is 0 Å². The van der Waals surface area contributed by atoms with E-state index in [1.54, 1.807) is 18.6 Å². The average Bonchev–Trinajstić information content (AvgIpc) is 2.74. The fraction of sp³-hybridized carbons (Fsp3) is 0. The van der Waals surface area contributed by atoms with Crippen LogP contribution in [0.25, 0.3) is 34.6 Å². The number of hydrogen-bond acceptors (Lipinski definition) is 10. The Hall–Kier alpha value is -3.21. The Morgan fingerprint density at radius 3 is 0.971 bits per heavy atom. The summed E-state index contributed by atoms with van der Waals surface area (Å²) in [5, 5.41) is 0. The van der Waals surface area contributed by atoms with Crippen LogP contribution >= 0.6 is 0 Å². The molecule has 4 rings (SSSR count). The van der Waals surface area contributed by atoms with Crippen LogP contribution in [0, 0.1) is 0 Å². The third-order valence-corrected chi connectivity index (χ3v) is 3.32. The zero-order valence-electron chi connectivity index (χ0n) is 17.5. The van der Waals surface area contributed by atoms with Crippen LogP contribution in [-0.2, 0) is 40.8 Å². The molecular weight excluding hydrogens is 526 g/mol. The van der Waals surface area contributed by atoms with Gasteiger partial charge in [-0.3, -0.25) is 23.4 Å². The van der Waals surface area contributed by atoms with Gasteiger partial charge in [-0.25, -0.2) is 15.0 Å². The van der Waals surface area contributed by atoms with Crippen LogP contribution in [0.1, 0.15) is 0 Å². The summed E-state index contributed by atoms with van der Waals surface area (Å²) in [7, 11) is -5.17. The normalized spacial score (nSPS) is 9.12. The first-order valence-corrected chi connectivity index (χ1v) is 9.40. The van der Waals surface area contributed by atoms with Crippen LogP contribution in [0.15, 0.2) is 73.2 Å². The van der Waals surface area contributed by atoms with Gasteiger partial charge in [0.1, 0.15) is 17.1 Å². The molecule has 16 heteroatoms. The van der Waals surface area contributed by atoms with Crippen molar-refractivity contribution in [1.82, 2.24) is 29.9 Å². The molecule has 4 heterocycles. The second kappa shape index (κ2) is 16.4. The second-order valence-electron chi connectivity index (χ2n) is 5.36. The van der Waals surface area contributed by atoms with Gasteiger partial charge in [-0.05, 0) is 36.4 Å². The van der Waals surface area contributed by atoms with Crippen LogP contribution in [0.4, 0.5) is 0 Å². The van der Waals surface area contributed by atoms with Crippen molar-refractivity contribution in [3.05, 3.63) is 73.2 Å². The number of pyridine rings is 3. The van der Waals surface area contributed by atoms with Crippen molar-refractivity contribution >= 4 is 10.4 Å². The zero-order chi connectivity index (χ0) is 20.7. The minimum Gasteiger partial charge on any atom is -0.759 e. The monoisotopic (exact) mass is 546 g/mol. The molecule has 4 aromatic heterocycles. The molecule has 0 amide bonds. The zero-order valence-corrected chi connectivity index (χ0v) is 21.3. The topological polar surface area (TPSA) is 287 Å². The fourth-order valence-electron chi connectivity index (χ4n) is 2.20. The quantitative estimate of drug-likeness (QED) is 0.120. The molecule has 0 fully saturated rings. The van der Waals surface area contributed by atoms with Crippen molar-refractivity contribution in [3.63, 3.8) is 0 Å². The van der Waals surface area contributed by atoms with Gasteiger partial charge in [-0.1, -0.05) is 18.2 Å². The summed E-state index contributed by atoms with van der Waals surface area (Å²) in [6.45, 7) is 0. The minimum absolute atomic E-state index is 0. The molecule has 0 unspecified atom stereocenters. The molecule has 34 heavy (non-hydrogen) atoms. The predicted molar refractivity (Wildman–Crippen MR) is 117 cm³/mol. The van der Waals surface area contributed by atoms with E-state index < -0.39 is 10.4 Å². The van der Waals surface area contributed by atoms with Gasteiger partial charge >= 0.3 is 19.5 Å². The number of nitrogens with zero attached hydrogens (tertiary/aromatic N) is 6. The van der Waals surface area contributed by atoms with E-state index in [-0.39, 0.29) is 41.4 Å². The molecule has 14 nitrogen and oxygen atoms in total. The Morgan fingerprint density at radius 1 is 0.559 bits per heavy atom. The first kappa shape index (κ1) is 35.4. The van der Waals surface area contributed by atoms with Gasteiger partial charge in [0.05, 0.1) is 0 Å². The minimum atomic E-state index is -5.17. The summed E-state index contributed by atoms with van der Waals surface area (Å²) < 4.78 is 34.1. The van der Waals surface area contributed by atoms with Crippen molar-refractivity contribution in [1.29, 1.82) is 0 Å². The van der Waals surface area contributed by atoms with E-state index >= 15 is 0 Å². The molecule has 10 N–H and O–H groups in total. The van der Waals surface area contributed by atoms with Crippen molar-refractivity contribution in [2.75, 3.05) is 0 Å². The molecule has 4 aromatic rings. The number of rotatable bonds is 3. The standard InChI is InChI=1S/C18H12N6.H2O4S.4H2O.Zn/c1-4-10-19-13(7-1)16-22-17(14-8-2-5-11-20-14)24-18(23-16)15-9-3-6-12-21-15;1-5(2,3)4;;;;;/h1-12H;(H2,1,2,3,4);4*1H2;/q;;;;;;+2. The molecule has 0 aliphatic heterocycles. The molecule has 0 aromatic carbocycles. The van der Waals surface area contributed by atoms with Crippen molar-refractivity contribution in [3.8, 4) is 34.6 Å². The van der Waals surface area contributed by atoms with Gasteiger partial charge in [0, 0.05) is 29.0 Å². The maximum atomic E-state index is 8.52. The van der Waals surface area contributed by atoms with E-state index in [4.69, 9.17) is 17.5 Å². The molecule has 178 valence electrons. The SMILES string of the molecule is O.O.O=S(=O)([O-])[O-].[OH3+].[OH3+].[Zn+2].c1ccc(-c2nc(-c3ccccn3)nc(-c3ccccn3)n2)nc1. The van der Waals surface area contributed by atoms with Crippen LogP contribution in [0.2, 0.25) is 0 Å². The molecule has 0 spiro atoms. The molecule has 0 saturated heterocycles. The van der Waals surface area contributed by atoms with Crippen molar-refractivity contribution < 1.29 is 58.9 Å². The van der Waals surface area contributed by atoms with Gasteiger partial charge in [0.15, 0.2) is 17.5 Å². The predicted octanol–water partition coefficient (Wildman–Crippen LogP) is -1.78. The average molecular weight is 548 g/mol. The maximum absolute atomic E-state index is 8.52. The number of hydrogen-bond donors (Lipinski definition) is 0. The first-order valence-electron chi connectivity index (χ1n) is 8.07. The van der Waals surface area contributed by atoms with Gasteiger partial charge in [-0.2, -0.15) is 0 Å². The molecule has 0 aliphatic carbocycles. The fourth-order valence-corrected chi connectivity index (χ4v) is 2.20. The van der Waals surface area contributed by atoms with E-state index in [0.29, 0.717) is 34.6 Å². The summed E-state index contributed by atoms with van der Waals surface area (Å²) >= 11 is 0. The van der Waals surface area contributed by atoms with Gasteiger partial charge in [0.2, 0.25) is 0 Å². The van der Waals surface area contributed by atoms with Gasteiger partial charge in [0.25, 0.3) is 0 Å². The number of aromatic nitrogens is 6. The summed E-state index contributed by atoms with van der Waals surface area (Å²) in [5.41, 5.74) is 2.03. The summed E-state index contributed by atoms with van der Waals surface area (Å²) in [4.78, 5) is 26.5. The van der Waals surface area contributed by atoms with Gasteiger partial charge < -0.3 is 31.0 Å². The molecule has 0 aliphatic rings. The van der Waals surface area contributed by atoms with E-state index in [0.717, 1.165) is 0 Å². The summed E-state index contributed by atoms with van der Waals surface area (Å²) in [5.74, 6) is 1.48. The van der Waals surface area contributed by atoms with Crippen molar-refractivity contribution in [2.24, 2.45) is 0 Å². The maximum Gasteiger partial charge on any atom is 2.00 e. The summed E-state index contributed by atoms with van der Waals surface area (Å²) in [6.07, 6.45) is 5.13. The Kier molecular flexibility index (Phi) is 17.1. The third-order valence-electron chi connectivity index (χ3n) is 3.32. The summed E-state index contributed by atoms with van der Waals surface area (Å²) in [6, 6.07) is 16.8. The Labute approximate surface area is 206 Å².